The SMILES string of the molecule is COCCCOc1cc(C(=O)NCCCOc2ccccc2)ccc1OC. The van der Waals surface area contributed by atoms with Crippen LogP contribution in [0, 0.1) is 0 Å². The minimum atomic E-state index is -0.154. The molecule has 0 heterocycles. The maximum atomic E-state index is 12.3. The fourth-order valence-electron chi connectivity index (χ4n) is 2.40. The first-order valence-corrected chi connectivity index (χ1v) is 9.00. The molecule has 27 heavy (non-hydrogen) atoms. The molecule has 0 atom stereocenters. The fraction of sp³-hybridized carbons (Fsp3) is 0.381. The van der Waals surface area contributed by atoms with Crippen LogP contribution in [0.2, 0.25) is 0 Å². The molecule has 0 bridgehead atoms. The summed E-state index contributed by atoms with van der Waals surface area (Å²) in [6.45, 7) is 2.18. The van der Waals surface area contributed by atoms with Crippen LogP contribution in [0.4, 0.5) is 0 Å². The van der Waals surface area contributed by atoms with Crippen molar-refractivity contribution in [1.29, 1.82) is 0 Å². The van der Waals surface area contributed by atoms with E-state index in [1.807, 2.05) is 30.3 Å². The Kier molecular flexibility index (Phi) is 9.00. The van der Waals surface area contributed by atoms with Gasteiger partial charge in [-0.25, -0.2) is 0 Å². The number of rotatable bonds is 12. The van der Waals surface area contributed by atoms with E-state index in [4.69, 9.17) is 18.9 Å². The normalized spacial score (nSPS) is 10.3. The smallest absolute Gasteiger partial charge is 0.251 e. The van der Waals surface area contributed by atoms with Crippen molar-refractivity contribution in [3.05, 3.63) is 54.1 Å². The topological polar surface area (TPSA) is 66.0 Å². The zero-order valence-corrected chi connectivity index (χ0v) is 15.9. The summed E-state index contributed by atoms with van der Waals surface area (Å²) >= 11 is 0. The molecule has 0 saturated heterocycles. The molecule has 2 aromatic rings. The van der Waals surface area contributed by atoms with Gasteiger partial charge < -0.3 is 24.3 Å². The lowest BCUT2D eigenvalue weighted by atomic mass is 10.2. The fourth-order valence-corrected chi connectivity index (χ4v) is 2.40. The second-order valence-corrected chi connectivity index (χ2v) is 5.83. The molecule has 146 valence electrons. The number of carbonyl (C=O) groups is 1. The quantitative estimate of drug-likeness (QED) is 0.578. The lowest BCUT2D eigenvalue weighted by molar-refractivity contribution is 0.0951. The van der Waals surface area contributed by atoms with E-state index in [-0.39, 0.29) is 5.91 Å². The monoisotopic (exact) mass is 373 g/mol. The van der Waals surface area contributed by atoms with Gasteiger partial charge in [0.2, 0.25) is 0 Å². The number of benzene rings is 2. The molecular weight excluding hydrogens is 346 g/mol. The number of hydrogen-bond donors (Lipinski definition) is 1. The van der Waals surface area contributed by atoms with Crippen molar-refractivity contribution in [2.75, 3.05) is 40.6 Å². The summed E-state index contributed by atoms with van der Waals surface area (Å²) in [6.07, 6.45) is 1.48. The number of hydrogen-bond acceptors (Lipinski definition) is 5. The Morgan fingerprint density at radius 1 is 0.889 bits per heavy atom. The van der Waals surface area contributed by atoms with E-state index in [0.29, 0.717) is 43.4 Å². The molecule has 6 heteroatoms. The van der Waals surface area contributed by atoms with E-state index in [9.17, 15) is 4.79 Å². The van der Waals surface area contributed by atoms with Crippen LogP contribution in [0.15, 0.2) is 48.5 Å². The maximum Gasteiger partial charge on any atom is 0.251 e. The van der Waals surface area contributed by atoms with Crippen LogP contribution in [0.3, 0.4) is 0 Å². The Bertz CT molecular complexity index is 690. The highest BCUT2D eigenvalue weighted by Gasteiger charge is 2.11. The molecule has 6 nitrogen and oxygen atoms in total. The second kappa shape index (κ2) is 11.8. The van der Waals surface area contributed by atoms with Gasteiger partial charge in [-0.05, 0) is 36.8 Å². The average molecular weight is 373 g/mol. The molecule has 0 unspecified atom stereocenters. The molecule has 0 aliphatic rings. The molecule has 0 aliphatic heterocycles. The molecule has 0 fully saturated rings. The Morgan fingerprint density at radius 3 is 2.41 bits per heavy atom. The van der Waals surface area contributed by atoms with Crippen LogP contribution in [0.5, 0.6) is 17.2 Å². The zero-order valence-electron chi connectivity index (χ0n) is 15.9. The first-order chi connectivity index (χ1) is 13.2. The molecule has 2 rings (SSSR count). The number of carbonyl (C=O) groups excluding carboxylic acids is 1. The molecule has 1 N–H and O–H groups in total. The van der Waals surface area contributed by atoms with Gasteiger partial charge in [0.1, 0.15) is 5.75 Å². The third kappa shape index (κ3) is 7.19. The molecule has 0 radical (unpaired) electrons. The largest absolute Gasteiger partial charge is 0.494 e. The molecule has 1 amide bonds. The minimum Gasteiger partial charge on any atom is -0.494 e. The predicted octanol–water partition coefficient (Wildman–Crippen LogP) is 3.31. The summed E-state index contributed by atoms with van der Waals surface area (Å²) in [5, 5.41) is 2.89. The van der Waals surface area contributed by atoms with Crippen LogP contribution in [-0.2, 0) is 4.74 Å². The third-order valence-electron chi connectivity index (χ3n) is 3.79. The highest BCUT2D eigenvalue weighted by atomic mass is 16.5. The molecule has 2 aromatic carbocycles. The summed E-state index contributed by atoms with van der Waals surface area (Å²) in [7, 11) is 3.22. The summed E-state index contributed by atoms with van der Waals surface area (Å²) < 4.78 is 21.6. The number of para-hydroxylation sites is 1. The van der Waals surface area contributed by atoms with Gasteiger partial charge in [0.25, 0.3) is 5.91 Å². The maximum absolute atomic E-state index is 12.3. The van der Waals surface area contributed by atoms with Crippen LogP contribution >= 0.6 is 0 Å². The highest BCUT2D eigenvalue weighted by molar-refractivity contribution is 5.94. The van der Waals surface area contributed by atoms with Crippen molar-refractivity contribution >= 4 is 5.91 Å². The van der Waals surface area contributed by atoms with Crippen LogP contribution in [0.25, 0.3) is 0 Å². The van der Waals surface area contributed by atoms with Crippen molar-refractivity contribution in [2.24, 2.45) is 0 Å². The lowest BCUT2D eigenvalue weighted by Crippen LogP contribution is -2.25. The van der Waals surface area contributed by atoms with Gasteiger partial charge in [-0.1, -0.05) is 18.2 Å². The Balaban J connectivity index is 1.78. The van der Waals surface area contributed by atoms with Gasteiger partial charge in [0.05, 0.1) is 20.3 Å². The van der Waals surface area contributed by atoms with Gasteiger partial charge in [0, 0.05) is 32.2 Å². The van der Waals surface area contributed by atoms with E-state index in [1.165, 1.54) is 0 Å². The number of methoxy groups -OCH3 is 2. The van der Waals surface area contributed by atoms with Crippen LogP contribution in [0.1, 0.15) is 23.2 Å². The molecule has 0 saturated carbocycles. The Morgan fingerprint density at radius 2 is 1.67 bits per heavy atom. The first-order valence-electron chi connectivity index (χ1n) is 9.00. The van der Waals surface area contributed by atoms with E-state index in [1.54, 1.807) is 32.4 Å². The summed E-state index contributed by atoms with van der Waals surface area (Å²) in [4.78, 5) is 12.3. The molecule has 0 aliphatic carbocycles. The van der Waals surface area contributed by atoms with Gasteiger partial charge in [-0.3, -0.25) is 4.79 Å². The zero-order chi connectivity index (χ0) is 19.3. The number of ether oxygens (including phenoxy) is 4. The number of amides is 1. The molecular formula is C21H27NO5. The first kappa shape index (κ1) is 20.6. The van der Waals surface area contributed by atoms with E-state index < -0.39 is 0 Å². The van der Waals surface area contributed by atoms with E-state index in [2.05, 4.69) is 5.32 Å². The molecule has 0 aromatic heterocycles. The Labute approximate surface area is 160 Å². The molecule has 0 spiro atoms. The second-order valence-electron chi connectivity index (χ2n) is 5.83. The van der Waals surface area contributed by atoms with Crippen molar-refractivity contribution in [1.82, 2.24) is 5.32 Å². The summed E-state index contributed by atoms with van der Waals surface area (Å²) in [6, 6.07) is 14.8. The van der Waals surface area contributed by atoms with Gasteiger partial charge in [0.15, 0.2) is 11.5 Å². The standard InChI is InChI=1S/C21H27NO5/c1-24-13-7-15-27-20-16-17(10-11-19(20)25-2)21(23)22-12-6-14-26-18-8-4-3-5-9-18/h3-5,8-11,16H,6-7,12-15H2,1-2H3,(H,22,23). The van der Waals surface area contributed by atoms with Crippen LogP contribution < -0.4 is 19.5 Å². The van der Waals surface area contributed by atoms with Crippen LogP contribution in [-0.4, -0.2) is 46.5 Å². The van der Waals surface area contributed by atoms with Gasteiger partial charge in [-0.15, -0.1) is 0 Å². The number of nitrogens with one attached hydrogen (secondary N) is 1. The lowest BCUT2D eigenvalue weighted by Gasteiger charge is -2.12. The van der Waals surface area contributed by atoms with Crippen molar-refractivity contribution in [3.63, 3.8) is 0 Å². The summed E-state index contributed by atoms with van der Waals surface area (Å²) in [5.41, 5.74) is 0.529. The van der Waals surface area contributed by atoms with Gasteiger partial charge in [-0.2, -0.15) is 0 Å². The highest BCUT2D eigenvalue weighted by Crippen LogP contribution is 2.28. The van der Waals surface area contributed by atoms with Crippen molar-refractivity contribution < 1.29 is 23.7 Å². The van der Waals surface area contributed by atoms with E-state index >= 15 is 0 Å². The van der Waals surface area contributed by atoms with Crippen molar-refractivity contribution in [2.45, 2.75) is 12.8 Å². The minimum absolute atomic E-state index is 0.154. The van der Waals surface area contributed by atoms with Gasteiger partial charge >= 0.3 is 0 Å². The average Bonchev–Trinajstić information content (AvgIpc) is 2.71. The third-order valence-corrected chi connectivity index (χ3v) is 3.79. The Hall–Kier alpha value is -2.73. The summed E-state index contributed by atoms with van der Waals surface area (Å²) in [5.74, 6) is 1.82. The van der Waals surface area contributed by atoms with E-state index in [0.717, 1.165) is 18.6 Å². The predicted molar refractivity (Wildman–Crippen MR) is 104 cm³/mol. The van der Waals surface area contributed by atoms with Crippen molar-refractivity contribution in [3.8, 4) is 17.2 Å².